The van der Waals surface area contributed by atoms with Crippen LogP contribution in [-0.4, -0.2) is 25.8 Å². The van der Waals surface area contributed by atoms with Crippen molar-refractivity contribution >= 4 is 22.8 Å². The van der Waals surface area contributed by atoms with Crippen molar-refractivity contribution in [3.63, 3.8) is 0 Å². The summed E-state index contributed by atoms with van der Waals surface area (Å²) in [7, 11) is 0. The Balaban J connectivity index is 1.60. The number of aromatic amines is 1. The van der Waals surface area contributed by atoms with Crippen molar-refractivity contribution in [1.82, 2.24) is 14.6 Å². The number of nitro groups is 1. The molecule has 0 bridgehead atoms. The molecule has 4 aromatic rings. The third kappa shape index (κ3) is 3.83. The first-order valence-corrected chi connectivity index (χ1v) is 8.68. The number of ether oxygens (including phenoxy) is 1. The molecule has 0 unspecified atom stereocenters. The van der Waals surface area contributed by atoms with E-state index in [1.165, 1.54) is 18.3 Å². The minimum absolute atomic E-state index is 0.144. The molecule has 1 N–H and O–H groups in total. The second-order valence-corrected chi connectivity index (χ2v) is 6.12. The van der Waals surface area contributed by atoms with Gasteiger partial charge < -0.3 is 9.72 Å². The van der Waals surface area contributed by atoms with Crippen molar-refractivity contribution in [3.8, 4) is 11.6 Å². The molecule has 0 saturated heterocycles. The van der Waals surface area contributed by atoms with E-state index in [0.29, 0.717) is 22.2 Å². The second-order valence-electron chi connectivity index (χ2n) is 6.12. The zero-order chi connectivity index (χ0) is 21.1. The predicted molar refractivity (Wildman–Crippen MR) is 109 cm³/mol. The number of fused-ring (bicyclic) bond motifs is 1. The first-order chi connectivity index (χ1) is 14.5. The van der Waals surface area contributed by atoms with Crippen molar-refractivity contribution in [2.45, 2.75) is 0 Å². The van der Waals surface area contributed by atoms with E-state index >= 15 is 0 Å². The molecule has 10 nitrogen and oxygen atoms in total. The number of pyridine rings is 1. The lowest BCUT2D eigenvalue weighted by Crippen LogP contribution is -2.32. The molecule has 30 heavy (non-hydrogen) atoms. The molecular weight excluding hydrogens is 390 g/mol. The van der Waals surface area contributed by atoms with Crippen molar-refractivity contribution < 1.29 is 9.66 Å². The predicted octanol–water partition coefficient (Wildman–Crippen LogP) is 2.67. The van der Waals surface area contributed by atoms with Gasteiger partial charge in [-0.3, -0.25) is 14.9 Å². The number of hydrogen-bond donors (Lipinski definition) is 1. The van der Waals surface area contributed by atoms with E-state index in [0.717, 1.165) is 10.9 Å². The number of para-hydroxylation sites is 1. The summed E-state index contributed by atoms with van der Waals surface area (Å²) in [6.07, 6.45) is 2.45. The van der Waals surface area contributed by atoms with Crippen LogP contribution < -0.4 is 16.0 Å². The SMILES string of the molecule is O=c1[nH]c2ccccc2c(=O)n1N=Cc1cccc(Oc2ccc([N+](=O)[O-])cn2)c1. The van der Waals surface area contributed by atoms with Crippen LogP contribution in [0.5, 0.6) is 11.6 Å². The largest absolute Gasteiger partial charge is 0.439 e. The lowest BCUT2D eigenvalue weighted by molar-refractivity contribution is -0.385. The van der Waals surface area contributed by atoms with E-state index in [-0.39, 0.29) is 11.6 Å². The van der Waals surface area contributed by atoms with Crippen LogP contribution in [0.1, 0.15) is 5.56 Å². The molecule has 2 aromatic carbocycles. The minimum Gasteiger partial charge on any atom is -0.439 e. The summed E-state index contributed by atoms with van der Waals surface area (Å²) < 4.78 is 6.32. The van der Waals surface area contributed by atoms with Crippen molar-refractivity contribution in [2.75, 3.05) is 0 Å². The quantitative estimate of drug-likeness (QED) is 0.309. The normalized spacial score (nSPS) is 11.1. The highest BCUT2D eigenvalue weighted by Gasteiger charge is 2.07. The Kier molecular flexibility index (Phi) is 4.87. The summed E-state index contributed by atoms with van der Waals surface area (Å²) in [5.74, 6) is 0.581. The summed E-state index contributed by atoms with van der Waals surface area (Å²) in [6.45, 7) is 0. The van der Waals surface area contributed by atoms with E-state index in [4.69, 9.17) is 4.74 Å². The average Bonchev–Trinajstić information content (AvgIpc) is 2.74. The zero-order valence-electron chi connectivity index (χ0n) is 15.3. The van der Waals surface area contributed by atoms with Crippen LogP contribution in [0.3, 0.4) is 0 Å². The van der Waals surface area contributed by atoms with Gasteiger partial charge in [-0.1, -0.05) is 24.3 Å². The van der Waals surface area contributed by atoms with Gasteiger partial charge in [0.25, 0.3) is 11.2 Å². The van der Waals surface area contributed by atoms with Gasteiger partial charge in [0.15, 0.2) is 0 Å². The minimum atomic E-state index is -0.655. The standard InChI is InChI=1S/C20H13N5O5/c26-19-16-6-1-2-7-17(16)23-20(27)24(19)22-11-13-4-3-5-15(10-13)30-18-9-8-14(12-21-18)25(28)29/h1-12H,(H,23,27). The van der Waals surface area contributed by atoms with E-state index < -0.39 is 16.2 Å². The molecule has 148 valence electrons. The van der Waals surface area contributed by atoms with Crippen LogP contribution in [0.15, 0.2) is 81.6 Å². The fourth-order valence-electron chi connectivity index (χ4n) is 2.70. The van der Waals surface area contributed by atoms with Gasteiger partial charge in [0.2, 0.25) is 5.88 Å². The number of hydrogen-bond acceptors (Lipinski definition) is 7. The number of nitrogens with zero attached hydrogens (tertiary/aromatic N) is 4. The number of benzene rings is 2. The highest BCUT2D eigenvalue weighted by Crippen LogP contribution is 2.21. The molecule has 2 heterocycles. The summed E-state index contributed by atoms with van der Waals surface area (Å²) >= 11 is 0. The van der Waals surface area contributed by atoms with Gasteiger partial charge in [0, 0.05) is 12.1 Å². The second kappa shape index (κ2) is 7.80. The summed E-state index contributed by atoms with van der Waals surface area (Å²) in [5, 5.41) is 15.0. The number of rotatable bonds is 5. The first-order valence-electron chi connectivity index (χ1n) is 8.68. The molecule has 0 aliphatic heterocycles. The third-order valence-electron chi connectivity index (χ3n) is 4.12. The van der Waals surface area contributed by atoms with E-state index in [1.54, 1.807) is 48.5 Å². The molecular formula is C20H13N5O5. The van der Waals surface area contributed by atoms with E-state index in [2.05, 4.69) is 15.1 Å². The Morgan fingerprint density at radius 2 is 1.93 bits per heavy atom. The Hall–Kier alpha value is -4.60. The lowest BCUT2D eigenvalue weighted by atomic mass is 10.2. The number of nitrogens with one attached hydrogen (secondary N) is 1. The molecule has 0 atom stereocenters. The molecule has 0 amide bonds. The van der Waals surface area contributed by atoms with E-state index in [9.17, 15) is 19.7 Å². The summed E-state index contributed by atoms with van der Waals surface area (Å²) in [4.78, 5) is 41.3. The molecule has 0 aliphatic carbocycles. The smallest absolute Gasteiger partial charge is 0.349 e. The van der Waals surface area contributed by atoms with Crippen LogP contribution in [-0.2, 0) is 0 Å². The fraction of sp³-hybridized carbons (Fsp3) is 0. The van der Waals surface area contributed by atoms with Crippen LogP contribution in [0.2, 0.25) is 0 Å². The lowest BCUT2D eigenvalue weighted by Gasteiger charge is -2.05. The van der Waals surface area contributed by atoms with Crippen molar-refractivity contribution in [3.05, 3.63) is 103 Å². The Morgan fingerprint density at radius 3 is 2.70 bits per heavy atom. The molecule has 4 rings (SSSR count). The summed E-state index contributed by atoms with van der Waals surface area (Å²) in [5.41, 5.74) is -0.335. The van der Waals surface area contributed by atoms with Gasteiger partial charge in [-0.25, -0.2) is 9.78 Å². The van der Waals surface area contributed by atoms with E-state index in [1.807, 2.05) is 0 Å². The maximum Gasteiger partial charge on any atom is 0.349 e. The van der Waals surface area contributed by atoms with Crippen LogP contribution in [0.25, 0.3) is 10.9 Å². The van der Waals surface area contributed by atoms with Crippen molar-refractivity contribution in [1.29, 1.82) is 0 Å². The average molecular weight is 403 g/mol. The van der Waals surface area contributed by atoms with Gasteiger partial charge in [0.1, 0.15) is 11.9 Å². The van der Waals surface area contributed by atoms with Gasteiger partial charge in [0.05, 0.1) is 22.0 Å². The fourth-order valence-corrected chi connectivity index (χ4v) is 2.70. The molecule has 10 heteroatoms. The molecule has 0 saturated carbocycles. The Bertz CT molecular complexity index is 1390. The van der Waals surface area contributed by atoms with Crippen LogP contribution in [0, 0.1) is 10.1 Å². The van der Waals surface area contributed by atoms with Gasteiger partial charge in [-0.15, -0.1) is 4.68 Å². The Morgan fingerprint density at radius 1 is 1.10 bits per heavy atom. The first kappa shape index (κ1) is 18.7. The molecule has 0 aliphatic rings. The number of aromatic nitrogens is 3. The maximum atomic E-state index is 12.5. The molecule has 0 radical (unpaired) electrons. The van der Waals surface area contributed by atoms with Crippen LogP contribution >= 0.6 is 0 Å². The van der Waals surface area contributed by atoms with Crippen LogP contribution in [0.4, 0.5) is 5.69 Å². The third-order valence-corrected chi connectivity index (χ3v) is 4.12. The summed E-state index contributed by atoms with van der Waals surface area (Å²) in [6, 6.07) is 16.0. The number of H-pyrrole nitrogens is 1. The molecule has 2 aromatic heterocycles. The van der Waals surface area contributed by atoms with Crippen molar-refractivity contribution in [2.24, 2.45) is 5.10 Å². The maximum absolute atomic E-state index is 12.5. The highest BCUT2D eigenvalue weighted by molar-refractivity contribution is 5.80. The van der Waals surface area contributed by atoms with Gasteiger partial charge in [-0.2, -0.15) is 5.10 Å². The molecule has 0 spiro atoms. The van der Waals surface area contributed by atoms with Gasteiger partial charge in [-0.05, 0) is 29.8 Å². The Labute approximate surface area is 167 Å². The topological polar surface area (TPSA) is 132 Å². The molecule has 0 fully saturated rings. The zero-order valence-corrected chi connectivity index (χ0v) is 15.3. The van der Waals surface area contributed by atoms with Gasteiger partial charge >= 0.3 is 5.69 Å². The highest BCUT2D eigenvalue weighted by atomic mass is 16.6. The monoisotopic (exact) mass is 403 g/mol.